The Morgan fingerprint density at radius 2 is 2.00 bits per heavy atom. The number of hydrogen-bond donors (Lipinski definition) is 0. The summed E-state index contributed by atoms with van der Waals surface area (Å²) in [5.74, 6) is 0.512. The molecule has 0 radical (unpaired) electrons. The second-order valence-corrected chi connectivity index (χ2v) is 3.53. The van der Waals surface area contributed by atoms with Crippen LogP contribution in [0.25, 0.3) is 0 Å². The molecule has 0 saturated heterocycles. The molecule has 0 fully saturated rings. The van der Waals surface area contributed by atoms with Gasteiger partial charge in [-0.3, -0.25) is 0 Å². The van der Waals surface area contributed by atoms with Crippen molar-refractivity contribution in [2.24, 2.45) is 5.92 Å². The Bertz CT molecular complexity index is 241. The van der Waals surface area contributed by atoms with Crippen molar-refractivity contribution < 1.29 is 4.79 Å². The molecule has 1 heteroatoms. The zero-order valence-corrected chi connectivity index (χ0v) is 8.07. The fraction of sp³-hybridized carbons (Fsp3) is 0.417. The minimum Gasteiger partial charge on any atom is -0.303 e. The van der Waals surface area contributed by atoms with Gasteiger partial charge >= 0.3 is 0 Å². The molecular formula is C12H16O. The lowest BCUT2D eigenvalue weighted by atomic mass is 9.99. The Balaban J connectivity index is 2.30. The zero-order valence-electron chi connectivity index (χ0n) is 8.07. The minimum atomic E-state index is 0.512. The van der Waals surface area contributed by atoms with Crippen LogP contribution < -0.4 is 0 Å². The summed E-state index contributed by atoms with van der Waals surface area (Å²) >= 11 is 0. The number of benzene rings is 1. The van der Waals surface area contributed by atoms with Gasteiger partial charge in [-0.15, -0.1) is 0 Å². The molecule has 0 aromatic heterocycles. The van der Waals surface area contributed by atoms with Gasteiger partial charge in [-0.05, 0) is 24.3 Å². The van der Waals surface area contributed by atoms with E-state index in [0.29, 0.717) is 12.3 Å². The van der Waals surface area contributed by atoms with Gasteiger partial charge in [0.1, 0.15) is 6.29 Å². The van der Waals surface area contributed by atoms with Crippen LogP contribution >= 0.6 is 0 Å². The van der Waals surface area contributed by atoms with Crippen molar-refractivity contribution in [3.8, 4) is 0 Å². The monoisotopic (exact) mass is 176 g/mol. The Hall–Kier alpha value is -1.11. The molecule has 0 aliphatic heterocycles. The molecule has 1 nitrogen and oxygen atoms in total. The van der Waals surface area contributed by atoms with Crippen LogP contribution in [0.5, 0.6) is 0 Å². The lowest BCUT2D eigenvalue weighted by Crippen LogP contribution is -1.97. The van der Waals surface area contributed by atoms with E-state index in [0.717, 1.165) is 19.1 Å². The second-order valence-electron chi connectivity index (χ2n) is 3.53. The van der Waals surface area contributed by atoms with Gasteiger partial charge in [0.25, 0.3) is 0 Å². The molecule has 1 aromatic rings. The molecule has 1 rings (SSSR count). The van der Waals surface area contributed by atoms with Crippen molar-refractivity contribution in [3.05, 3.63) is 35.9 Å². The number of hydrogen-bond acceptors (Lipinski definition) is 1. The largest absolute Gasteiger partial charge is 0.303 e. The van der Waals surface area contributed by atoms with E-state index >= 15 is 0 Å². The summed E-state index contributed by atoms with van der Waals surface area (Å²) in [6.45, 7) is 2.12. The van der Waals surface area contributed by atoms with Crippen LogP contribution in [0.2, 0.25) is 0 Å². The number of carbonyl (C=O) groups excluding carboxylic acids is 1. The Labute approximate surface area is 79.8 Å². The van der Waals surface area contributed by atoms with Crippen LogP contribution in [0.3, 0.4) is 0 Å². The maximum atomic E-state index is 10.2. The van der Waals surface area contributed by atoms with Gasteiger partial charge in [0.05, 0.1) is 0 Å². The van der Waals surface area contributed by atoms with Crippen LogP contribution in [0.4, 0.5) is 0 Å². The zero-order chi connectivity index (χ0) is 9.52. The molecule has 0 unspecified atom stereocenters. The molecule has 0 spiro atoms. The molecule has 0 heterocycles. The van der Waals surface area contributed by atoms with Crippen molar-refractivity contribution in [3.63, 3.8) is 0 Å². The van der Waals surface area contributed by atoms with E-state index in [1.165, 1.54) is 5.56 Å². The summed E-state index contributed by atoms with van der Waals surface area (Å²) in [6.07, 6.45) is 3.88. The van der Waals surface area contributed by atoms with E-state index in [-0.39, 0.29) is 0 Å². The first-order valence-corrected chi connectivity index (χ1v) is 4.80. The quantitative estimate of drug-likeness (QED) is 0.630. The van der Waals surface area contributed by atoms with Crippen molar-refractivity contribution in [2.75, 3.05) is 0 Å². The highest BCUT2D eigenvalue weighted by Gasteiger charge is 2.00. The van der Waals surface area contributed by atoms with Crippen LogP contribution in [0, 0.1) is 5.92 Å². The molecular weight excluding hydrogens is 160 g/mol. The number of rotatable bonds is 5. The van der Waals surface area contributed by atoms with Crippen LogP contribution in [0.1, 0.15) is 25.3 Å². The average molecular weight is 176 g/mol. The summed E-state index contributed by atoms with van der Waals surface area (Å²) in [5, 5.41) is 0. The maximum absolute atomic E-state index is 10.2. The molecule has 0 amide bonds. The summed E-state index contributed by atoms with van der Waals surface area (Å²) < 4.78 is 0. The molecule has 13 heavy (non-hydrogen) atoms. The molecule has 1 atom stereocenters. The number of carbonyl (C=O) groups is 1. The molecule has 1 aromatic carbocycles. The van der Waals surface area contributed by atoms with Gasteiger partial charge in [0, 0.05) is 6.42 Å². The first-order chi connectivity index (χ1) is 6.33. The summed E-state index contributed by atoms with van der Waals surface area (Å²) in [5.41, 5.74) is 1.36. The highest BCUT2D eigenvalue weighted by Crippen LogP contribution is 2.10. The van der Waals surface area contributed by atoms with E-state index in [2.05, 4.69) is 31.2 Å². The van der Waals surface area contributed by atoms with Crippen LogP contribution in [-0.2, 0) is 11.2 Å². The van der Waals surface area contributed by atoms with Gasteiger partial charge in [-0.25, -0.2) is 0 Å². The summed E-state index contributed by atoms with van der Waals surface area (Å²) in [7, 11) is 0. The third-order valence-corrected chi connectivity index (χ3v) is 2.27. The lowest BCUT2D eigenvalue weighted by Gasteiger charge is -2.06. The average Bonchev–Trinajstić information content (AvgIpc) is 2.17. The van der Waals surface area contributed by atoms with Crippen LogP contribution in [-0.4, -0.2) is 6.29 Å². The van der Waals surface area contributed by atoms with E-state index in [4.69, 9.17) is 0 Å². The highest BCUT2D eigenvalue weighted by atomic mass is 16.1. The minimum absolute atomic E-state index is 0.512. The standard InChI is InChI=1S/C12H16O/c1-11(9-10-13)7-8-12-5-3-2-4-6-12/h2-6,10-11H,7-9H2,1H3/t11-/m0/s1. The number of aryl methyl sites for hydroxylation is 1. The first-order valence-electron chi connectivity index (χ1n) is 4.80. The fourth-order valence-electron chi connectivity index (χ4n) is 1.34. The lowest BCUT2D eigenvalue weighted by molar-refractivity contribution is -0.108. The van der Waals surface area contributed by atoms with Crippen molar-refractivity contribution >= 4 is 6.29 Å². The van der Waals surface area contributed by atoms with Crippen molar-refractivity contribution in [1.29, 1.82) is 0 Å². The van der Waals surface area contributed by atoms with Crippen molar-refractivity contribution in [2.45, 2.75) is 26.2 Å². The molecule has 70 valence electrons. The predicted octanol–water partition coefficient (Wildman–Crippen LogP) is 2.84. The molecule has 0 N–H and O–H groups in total. The third-order valence-electron chi connectivity index (χ3n) is 2.27. The molecule has 0 saturated carbocycles. The van der Waals surface area contributed by atoms with Crippen molar-refractivity contribution in [1.82, 2.24) is 0 Å². The Morgan fingerprint density at radius 1 is 1.31 bits per heavy atom. The van der Waals surface area contributed by atoms with E-state index in [1.807, 2.05) is 6.07 Å². The topological polar surface area (TPSA) is 17.1 Å². The third kappa shape index (κ3) is 3.88. The number of aldehydes is 1. The summed E-state index contributed by atoms with van der Waals surface area (Å²) in [4.78, 5) is 10.2. The van der Waals surface area contributed by atoms with Gasteiger partial charge < -0.3 is 4.79 Å². The smallest absolute Gasteiger partial charge is 0.120 e. The predicted molar refractivity (Wildman–Crippen MR) is 54.6 cm³/mol. The SMILES string of the molecule is C[C@H](CC=O)CCc1ccccc1. The summed E-state index contributed by atoms with van der Waals surface area (Å²) in [6, 6.07) is 10.4. The fourth-order valence-corrected chi connectivity index (χ4v) is 1.34. The molecule has 0 aliphatic carbocycles. The van der Waals surface area contributed by atoms with E-state index in [9.17, 15) is 4.79 Å². The first kappa shape index (κ1) is 9.97. The van der Waals surface area contributed by atoms with E-state index in [1.54, 1.807) is 0 Å². The maximum Gasteiger partial charge on any atom is 0.120 e. The Morgan fingerprint density at radius 3 is 2.62 bits per heavy atom. The normalized spacial score (nSPS) is 12.4. The van der Waals surface area contributed by atoms with E-state index < -0.39 is 0 Å². The van der Waals surface area contributed by atoms with Gasteiger partial charge in [0.2, 0.25) is 0 Å². The highest BCUT2D eigenvalue weighted by molar-refractivity contribution is 5.49. The van der Waals surface area contributed by atoms with Crippen LogP contribution in [0.15, 0.2) is 30.3 Å². The molecule has 0 aliphatic rings. The second kappa shape index (κ2) is 5.52. The van der Waals surface area contributed by atoms with Gasteiger partial charge in [0.15, 0.2) is 0 Å². The molecule has 0 bridgehead atoms. The van der Waals surface area contributed by atoms with Gasteiger partial charge in [-0.2, -0.15) is 0 Å². The Kier molecular flexibility index (Phi) is 4.24. The van der Waals surface area contributed by atoms with Gasteiger partial charge in [-0.1, -0.05) is 37.3 Å².